The standard InChI is InChI=1S/C16H16O4/c1-19-12-4-2-3-10(7-12)14-9-20-15-8-11(17)5-6-13(15)16(14)18/h2-8,14,16-18H,9H2,1H3. The second kappa shape index (κ2) is 5.06. The Morgan fingerprint density at radius 1 is 1.20 bits per heavy atom. The van der Waals surface area contributed by atoms with Gasteiger partial charge in [-0.3, -0.25) is 0 Å². The van der Waals surface area contributed by atoms with Gasteiger partial charge >= 0.3 is 0 Å². The summed E-state index contributed by atoms with van der Waals surface area (Å²) in [6.45, 7) is 0.366. The van der Waals surface area contributed by atoms with E-state index in [-0.39, 0.29) is 11.7 Å². The molecule has 2 atom stereocenters. The Morgan fingerprint density at radius 2 is 2.05 bits per heavy atom. The van der Waals surface area contributed by atoms with Gasteiger partial charge in [0.15, 0.2) is 0 Å². The summed E-state index contributed by atoms with van der Waals surface area (Å²) in [5.74, 6) is 1.28. The number of phenolic OH excluding ortho intramolecular Hbond substituents is 1. The average molecular weight is 272 g/mol. The smallest absolute Gasteiger partial charge is 0.128 e. The molecule has 1 aliphatic rings. The Labute approximate surface area is 117 Å². The lowest BCUT2D eigenvalue weighted by Gasteiger charge is -2.30. The van der Waals surface area contributed by atoms with Crippen molar-refractivity contribution in [2.45, 2.75) is 12.0 Å². The number of methoxy groups -OCH3 is 1. The van der Waals surface area contributed by atoms with Gasteiger partial charge in [0.1, 0.15) is 17.2 Å². The Hall–Kier alpha value is -2.20. The molecule has 1 heterocycles. The molecule has 0 aromatic heterocycles. The maximum Gasteiger partial charge on any atom is 0.128 e. The lowest BCUT2D eigenvalue weighted by molar-refractivity contribution is 0.0886. The first kappa shape index (κ1) is 12.8. The highest BCUT2D eigenvalue weighted by Crippen LogP contribution is 2.42. The lowest BCUT2D eigenvalue weighted by atomic mass is 9.87. The zero-order chi connectivity index (χ0) is 14.1. The van der Waals surface area contributed by atoms with E-state index in [9.17, 15) is 10.2 Å². The summed E-state index contributed by atoms with van der Waals surface area (Å²) < 4.78 is 10.9. The summed E-state index contributed by atoms with van der Waals surface area (Å²) in [6, 6.07) is 12.4. The van der Waals surface area contributed by atoms with Gasteiger partial charge in [-0.05, 0) is 29.8 Å². The van der Waals surface area contributed by atoms with E-state index in [1.165, 1.54) is 6.07 Å². The van der Waals surface area contributed by atoms with Crippen LogP contribution in [0.1, 0.15) is 23.1 Å². The van der Waals surface area contributed by atoms with Crippen LogP contribution in [0.3, 0.4) is 0 Å². The van der Waals surface area contributed by atoms with Crippen molar-refractivity contribution in [2.24, 2.45) is 0 Å². The molecule has 0 amide bonds. The van der Waals surface area contributed by atoms with Crippen molar-refractivity contribution in [1.82, 2.24) is 0 Å². The van der Waals surface area contributed by atoms with Gasteiger partial charge in [-0.15, -0.1) is 0 Å². The third-order valence-electron chi connectivity index (χ3n) is 3.64. The first-order chi connectivity index (χ1) is 9.69. The maximum absolute atomic E-state index is 10.5. The minimum atomic E-state index is -0.661. The van der Waals surface area contributed by atoms with Gasteiger partial charge in [0.05, 0.1) is 19.8 Å². The highest BCUT2D eigenvalue weighted by atomic mass is 16.5. The maximum atomic E-state index is 10.5. The van der Waals surface area contributed by atoms with Crippen LogP contribution in [0, 0.1) is 0 Å². The number of aromatic hydroxyl groups is 1. The first-order valence-electron chi connectivity index (χ1n) is 6.47. The van der Waals surface area contributed by atoms with Crippen LogP contribution in [0.4, 0.5) is 0 Å². The summed E-state index contributed by atoms with van der Waals surface area (Å²) >= 11 is 0. The normalized spacial score (nSPS) is 20.9. The van der Waals surface area contributed by atoms with Crippen molar-refractivity contribution in [3.63, 3.8) is 0 Å². The zero-order valence-electron chi connectivity index (χ0n) is 11.1. The molecule has 0 radical (unpaired) electrons. The van der Waals surface area contributed by atoms with Crippen LogP contribution in [0.25, 0.3) is 0 Å². The topological polar surface area (TPSA) is 58.9 Å². The molecule has 0 fully saturated rings. The molecular weight excluding hydrogens is 256 g/mol. The van der Waals surface area contributed by atoms with E-state index in [2.05, 4.69) is 0 Å². The van der Waals surface area contributed by atoms with E-state index in [1.807, 2.05) is 24.3 Å². The van der Waals surface area contributed by atoms with Crippen molar-refractivity contribution in [1.29, 1.82) is 0 Å². The van der Waals surface area contributed by atoms with Gasteiger partial charge in [-0.25, -0.2) is 0 Å². The zero-order valence-corrected chi connectivity index (χ0v) is 11.1. The van der Waals surface area contributed by atoms with Gasteiger partial charge in [0.25, 0.3) is 0 Å². The van der Waals surface area contributed by atoms with Gasteiger partial charge < -0.3 is 19.7 Å². The molecule has 1 aliphatic heterocycles. The minimum absolute atomic E-state index is 0.135. The van der Waals surface area contributed by atoms with Gasteiger partial charge in [-0.2, -0.15) is 0 Å². The Balaban J connectivity index is 1.95. The number of aliphatic hydroxyl groups is 1. The molecular formula is C16H16O4. The van der Waals surface area contributed by atoms with E-state index >= 15 is 0 Å². The van der Waals surface area contributed by atoms with Crippen LogP contribution in [-0.4, -0.2) is 23.9 Å². The summed E-state index contributed by atoms with van der Waals surface area (Å²) in [5.41, 5.74) is 1.66. The lowest BCUT2D eigenvalue weighted by Crippen LogP contribution is -2.24. The van der Waals surface area contributed by atoms with Crippen molar-refractivity contribution in [3.8, 4) is 17.2 Å². The molecule has 4 heteroatoms. The van der Waals surface area contributed by atoms with Crippen molar-refractivity contribution < 1.29 is 19.7 Å². The van der Waals surface area contributed by atoms with E-state index in [0.29, 0.717) is 17.9 Å². The fraction of sp³-hybridized carbons (Fsp3) is 0.250. The fourth-order valence-corrected chi connectivity index (χ4v) is 2.53. The summed E-state index contributed by atoms with van der Waals surface area (Å²) in [5, 5.41) is 20.0. The van der Waals surface area contributed by atoms with Gasteiger partial charge in [-0.1, -0.05) is 12.1 Å². The van der Waals surface area contributed by atoms with Gasteiger partial charge in [0, 0.05) is 17.5 Å². The first-order valence-corrected chi connectivity index (χ1v) is 6.47. The molecule has 2 aromatic carbocycles. The third-order valence-corrected chi connectivity index (χ3v) is 3.64. The quantitative estimate of drug-likeness (QED) is 0.882. The second-order valence-electron chi connectivity index (χ2n) is 4.86. The number of ether oxygens (including phenoxy) is 2. The molecule has 0 aliphatic carbocycles. The predicted octanol–water partition coefficient (Wildman–Crippen LogP) is 2.61. The molecule has 20 heavy (non-hydrogen) atoms. The van der Waals surface area contributed by atoms with Crippen molar-refractivity contribution >= 4 is 0 Å². The molecule has 4 nitrogen and oxygen atoms in total. The molecule has 0 saturated heterocycles. The van der Waals surface area contributed by atoms with Gasteiger partial charge in [0.2, 0.25) is 0 Å². The number of aliphatic hydroxyl groups excluding tert-OH is 1. The summed E-state index contributed by atoms with van der Waals surface area (Å²) in [6.07, 6.45) is -0.661. The van der Waals surface area contributed by atoms with Crippen LogP contribution >= 0.6 is 0 Å². The van der Waals surface area contributed by atoms with E-state index < -0.39 is 6.10 Å². The molecule has 2 aromatic rings. The Kier molecular flexibility index (Phi) is 3.24. The Bertz CT molecular complexity index is 624. The Morgan fingerprint density at radius 3 is 2.85 bits per heavy atom. The molecule has 0 saturated carbocycles. The number of hydrogen-bond acceptors (Lipinski definition) is 4. The third kappa shape index (κ3) is 2.18. The van der Waals surface area contributed by atoms with Crippen LogP contribution in [0.2, 0.25) is 0 Å². The summed E-state index contributed by atoms with van der Waals surface area (Å²) in [7, 11) is 1.62. The van der Waals surface area contributed by atoms with Crippen molar-refractivity contribution in [2.75, 3.05) is 13.7 Å². The van der Waals surface area contributed by atoms with Crippen LogP contribution < -0.4 is 9.47 Å². The van der Waals surface area contributed by atoms with Crippen LogP contribution in [-0.2, 0) is 0 Å². The molecule has 0 spiro atoms. The monoisotopic (exact) mass is 272 g/mol. The summed E-state index contributed by atoms with van der Waals surface area (Å²) in [4.78, 5) is 0. The molecule has 2 N–H and O–H groups in total. The molecule has 3 rings (SSSR count). The predicted molar refractivity (Wildman–Crippen MR) is 74.3 cm³/mol. The highest BCUT2D eigenvalue weighted by Gasteiger charge is 2.31. The van der Waals surface area contributed by atoms with E-state index in [1.54, 1.807) is 19.2 Å². The minimum Gasteiger partial charge on any atom is -0.508 e. The fourth-order valence-electron chi connectivity index (χ4n) is 2.53. The largest absolute Gasteiger partial charge is 0.508 e. The number of hydrogen-bond donors (Lipinski definition) is 2. The SMILES string of the molecule is COc1cccc(C2COc3cc(O)ccc3C2O)c1. The van der Waals surface area contributed by atoms with Crippen molar-refractivity contribution in [3.05, 3.63) is 53.6 Å². The number of benzene rings is 2. The number of rotatable bonds is 2. The molecule has 104 valence electrons. The van der Waals surface area contributed by atoms with E-state index in [4.69, 9.17) is 9.47 Å². The molecule has 0 bridgehead atoms. The van der Waals surface area contributed by atoms with E-state index in [0.717, 1.165) is 11.3 Å². The van der Waals surface area contributed by atoms with Crippen LogP contribution in [0.5, 0.6) is 17.2 Å². The number of fused-ring (bicyclic) bond motifs is 1. The van der Waals surface area contributed by atoms with Crippen LogP contribution in [0.15, 0.2) is 42.5 Å². The highest BCUT2D eigenvalue weighted by molar-refractivity contribution is 5.45. The molecule has 2 unspecified atom stereocenters. The average Bonchev–Trinajstić information content (AvgIpc) is 2.47. The number of phenols is 1. The second-order valence-corrected chi connectivity index (χ2v) is 4.86.